The Morgan fingerprint density at radius 3 is 2.61 bits per heavy atom. The van der Waals surface area contributed by atoms with Gasteiger partial charge in [-0.1, -0.05) is 43.3 Å². The van der Waals surface area contributed by atoms with Crippen LogP contribution >= 0.6 is 0 Å². The highest BCUT2D eigenvalue weighted by Crippen LogP contribution is 2.22. The van der Waals surface area contributed by atoms with Crippen molar-refractivity contribution in [2.75, 3.05) is 39.2 Å². The van der Waals surface area contributed by atoms with Crippen molar-refractivity contribution in [1.29, 1.82) is 0 Å². The van der Waals surface area contributed by atoms with Gasteiger partial charge in [0.15, 0.2) is 12.2 Å². The summed E-state index contributed by atoms with van der Waals surface area (Å²) in [5, 5.41) is 12.2. The summed E-state index contributed by atoms with van der Waals surface area (Å²) < 4.78 is 5.28. The molecule has 2 aromatic rings. The second-order valence-corrected chi connectivity index (χ2v) is 8.29. The number of carbonyl (C=O) groups is 3. The quantitative estimate of drug-likeness (QED) is 0.520. The number of aliphatic hydroxyl groups is 1. The normalized spacial score (nSPS) is 16.8. The number of aliphatic imine (C=N–C) groups is 1. The average molecular weight is 498 g/mol. The van der Waals surface area contributed by atoms with E-state index in [1.54, 1.807) is 19.0 Å². The van der Waals surface area contributed by atoms with Crippen molar-refractivity contribution >= 4 is 29.7 Å². The van der Waals surface area contributed by atoms with Gasteiger partial charge in [-0.2, -0.15) is 0 Å². The van der Waals surface area contributed by atoms with Gasteiger partial charge in [-0.15, -0.1) is 0 Å². The molecule has 2 atom stereocenters. The number of rotatable bonds is 5. The monoisotopic (exact) mass is 497 g/mol. The second kappa shape index (κ2) is 14.0. The number of hydrogen-bond acceptors (Lipinski definition) is 7. The number of morpholine rings is 1. The van der Waals surface area contributed by atoms with Gasteiger partial charge in [0.05, 0.1) is 13.2 Å². The Labute approximate surface area is 211 Å². The summed E-state index contributed by atoms with van der Waals surface area (Å²) in [6, 6.07) is 15.7. The number of likely N-dealkylation sites (N-methyl/N-ethyl adjacent to an activating group) is 1. The van der Waals surface area contributed by atoms with Gasteiger partial charge < -0.3 is 30.7 Å². The van der Waals surface area contributed by atoms with Crippen LogP contribution in [0.25, 0.3) is 0 Å². The Balaban J connectivity index is 0.000000249. The molecular weight excluding hydrogens is 462 g/mol. The van der Waals surface area contributed by atoms with E-state index >= 15 is 0 Å². The Bertz CT molecular complexity index is 1070. The third kappa shape index (κ3) is 7.62. The molecule has 2 aliphatic heterocycles. The van der Waals surface area contributed by atoms with Gasteiger partial charge in [0, 0.05) is 38.9 Å². The number of benzene rings is 2. The molecule has 0 spiro atoms. The zero-order valence-corrected chi connectivity index (χ0v) is 21.2. The first-order valence-electron chi connectivity index (χ1n) is 11.6. The second-order valence-electron chi connectivity index (χ2n) is 8.29. The van der Waals surface area contributed by atoms with E-state index in [0.717, 1.165) is 36.2 Å². The molecule has 0 bridgehead atoms. The van der Waals surface area contributed by atoms with Crippen LogP contribution in [0.5, 0.6) is 0 Å². The number of carbonyl (C=O) groups excluding carboxylic acids is 3. The number of aliphatic hydroxyl groups excluding tert-OH is 1. The Morgan fingerprint density at radius 2 is 2.00 bits per heavy atom. The maximum absolute atomic E-state index is 12.4. The molecule has 2 heterocycles. The number of nitrogens with zero attached hydrogens (tertiary/aromatic N) is 3. The minimum absolute atomic E-state index is 0.279. The van der Waals surface area contributed by atoms with E-state index in [1.165, 1.54) is 17.5 Å². The van der Waals surface area contributed by atoms with Gasteiger partial charge >= 0.3 is 0 Å². The lowest BCUT2D eigenvalue weighted by Crippen LogP contribution is -2.56. The molecule has 0 saturated carbocycles. The standard InChI is InChI=1S/C15H20N2O4.C8H8N2.C3H7NO/c1-3-10-5-4-6-11(9-10)17-7-8-21-13(15(17)20)12(18)14(19)16-2;9-8-7-4-2-1-3-6(7)5-10-8;1-4(2)3-5/h4-6,9,12-13,18H,3,7-8H2,1-2H3,(H,16,19);1-4H,5H2,(H2,9,10);3H,1-2H3/t12-,13-;;/m1../s1. The van der Waals surface area contributed by atoms with Crippen LogP contribution in [0.3, 0.4) is 0 Å². The van der Waals surface area contributed by atoms with Crippen molar-refractivity contribution in [2.24, 2.45) is 10.7 Å². The number of aryl methyl sites for hydroxylation is 1. The third-order valence-corrected chi connectivity index (χ3v) is 5.48. The molecule has 36 heavy (non-hydrogen) atoms. The van der Waals surface area contributed by atoms with Gasteiger partial charge in [0.2, 0.25) is 6.41 Å². The molecule has 3 amide bonds. The largest absolute Gasteiger partial charge is 0.383 e. The van der Waals surface area contributed by atoms with E-state index in [2.05, 4.69) is 16.4 Å². The van der Waals surface area contributed by atoms with Crippen molar-refractivity contribution in [3.05, 3.63) is 65.2 Å². The summed E-state index contributed by atoms with van der Waals surface area (Å²) in [5.41, 5.74) is 9.81. The van der Waals surface area contributed by atoms with Crippen LogP contribution in [0.1, 0.15) is 23.6 Å². The van der Waals surface area contributed by atoms with Crippen LogP contribution in [-0.2, 0) is 32.1 Å². The molecule has 0 aromatic heterocycles. The number of ether oxygens (including phenoxy) is 1. The van der Waals surface area contributed by atoms with Gasteiger partial charge in [-0.25, -0.2) is 0 Å². The smallest absolute Gasteiger partial charge is 0.259 e. The van der Waals surface area contributed by atoms with Crippen LogP contribution in [0.4, 0.5) is 5.69 Å². The molecule has 194 valence electrons. The Hall–Kier alpha value is -3.76. The van der Waals surface area contributed by atoms with Gasteiger partial charge in [0.1, 0.15) is 5.84 Å². The lowest BCUT2D eigenvalue weighted by molar-refractivity contribution is -0.152. The minimum Gasteiger partial charge on any atom is -0.383 e. The number of nitrogens with one attached hydrogen (secondary N) is 1. The van der Waals surface area contributed by atoms with Crippen molar-refractivity contribution in [2.45, 2.75) is 32.1 Å². The van der Waals surface area contributed by atoms with Crippen LogP contribution < -0.4 is 16.0 Å². The maximum Gasteiger partial charge on any atom is 0.259 e. The molecule has 4 rings (SSSR count). The summed E-state index contributed by atoms with van der Waals surface area (Å²) in [6.45, 7) is 3.48. The molecular formula is C26H35N5O5. The number of amidine groups is 1. The Kier molecular flexibility index (Phi) is 11.0. The molecule has 0 unspecified atom stereocenters. The van der Waals surface area contributed by atoms with Crippen molar-refractivity contribution < 1.29 is 24.2 Å². The van der Waals surface area contributed by atoms with Crippen LogP contribution in [-0.4, -0.2) is 80.6 Å². The molecule has 0 radical (unpaired) electrons. The number of anilines is 1. The maximum atomic E-state index is 12.4. The third-order valence-electron chi connectivity index (χ3n) is 5.48. The van der Waals surface area contributed by atoms with E-state index in [1.807, 2.05) is 49.4 Å². The fraction of sp³-hybridized carbons (Fsp3) is 0.385. The highest BCUT2D eigenvalue weighted by atomic mass is 16.5. The van der Waals surface area contributed by atoms with Gasteiger partial charge in [-0.05, 0) is 29.7 Å². The van der Waals surface area contributed by atoms with Crippen LogP contribution in [0.15, 0.2) is 53.5 Å². The van der Waals surface area contributed by atoms with E-state index < -0.39 is 24.0 Å². The summed E-state index contributed by atoms with van der Waals surface area (Å²) in [7, 11) is 4.78. The fourth-order valence-corrected chi connectivity index (χ4v) is 3.48. The molecule has 2 aromatic carbocycles. The number of nitrogens with two attached hydrogens (primary N) is 1. The average Bonchev–Trinajstić information content (AvgIpc) is 3.29. The topological polar surface area (TPSA) is 138 Å². The van der Waals surface area contributed by atoms with E-state index in [4.69, 9.17) is 10.5 Å². The Morgan fingerprint density at radius 1 is 1.31 bits per heavy atom. The van der Waals surface area contributed by atoms with Crippen molar-refractivity contribution in [1.82, 2.24) is 10.2 Å². The first-order chi connectivity index (χ1) is 17.2. The first-order valence-corrected chi connectivity index (χ1v) is 11.6. The molecule has 2 aliphatic rings. The van der Waals surface area contributed by atoms with Crippen LogP contribution in [0.2, 0.25) is 0 Å². The molecule has 10 nitrogen and oxygen atoms in total. The summed E-state index contributed by atoms with van der Waals surface area (Å²) >= 11 is 0. The highest BCUT2D eigenvalue weighted by Gasteiger charge is 2.38. The van der Waals surface area contributed by atoms with Crippen LogP contribution in [0, 0.1) is 0 Å². The predicted octanol–water partition coefficient (Wildman–Crippen LogP) is 0.698. The van der Waals surface area contributed by atoms with Crippen molar-refractivity contribution in [3.8, 4) is 0 Å². The number of amides is 3. The molecule has 10 heteroatoms. The molecule has 4 N–H and O–H groups in total. The zero-order chi connectivity index (χ0) is 26.7. The predicted molar refractivity (Wildman–Crippen MR) is 139 cm³/mol. The number of hydrogen-bond donors (Lipinski definition) is 3. The van der Waals surface area contributed by atoms with Crippen molar-refractivity contribution in [3.63, 3.8) is 0 Å². The first kappa shape index (κ1) is 28.5. The SMILES string of the molecule is CCc1cccc(N2CCO[C@H]([C@@H](O)C(=O)NC)C2=O)c1.CN(C)C=O.NC1=NCc2ccccc21. The molecule has 1 saturated heterocycles. The van der Waals surface area contributed by atoms with Gasteiger partial charge in [0.25, 0.3) is 11.8 Å². The summed E-state index contributed by atoms with van der Waals surface area (Å²) in [4.78, 5) is 40.5. The molecule has 0 aliphatic carbocycles. The lowest BCUT2D eigenvalue weighted by Gasteiger charge is -2.34. The van der Waals surface area contributed by atoms with Gasteiger partial charge in [-0.3, -0.25) is 19.4 Å². The number of fused-ring (bicyclic) bond motifs is 1. The summed E-state index contributed by atoms with van der Waals surface area (Å²) in [6.07, 6.45) is -1.04. The highest BCUT2D eigenvalue weighted by molar-refractivity contribution is 6.01. The fourth-order valence-electron chi connectivity index (χ4n) is 3.48. The van der Waals surface area contributed by atoms with E-state index in [9.17, 15) is 19.5 Å². The zero-order valence-electron chi connectivity index (χ0n) is 21.2. The lowest BCUT2D eigenvalue weighted by atomic mass is 10.1. The van der Waals surface area contributed by atoms with E-state index in [0.29, 0.717) is 12.4 Å². The summed E-state index contributed by atoms with van der Waals surface area (Å²) in [5.74, 6) is -0.348. The van der Waals surface area contributed by atoms with E-state index in [-0.39, 0.29) is 6.61 Å². The minimum atomic E-state index is -1.50. The molecule has 1 fully saturated rings.